The minimum atomic E-state index is -0.0260. The zero-order chi connectivity index (χ0) is 14.4. The molecule has 1 heterocycles. The number of hydrogen-bond acceptors (Lipinski definition) is 8. The Morgan fingerprint density at radius 2 is 1.85 bits per heavy atom. The van der Waals surface area contributed by atoms with E-state index in [-0.39, 0.29) is 24.6 Å². The molecule has 2 aromatic rings. The zero-order valence-corrected chi connectivity index (χ0v) is 10.9. The van der Waals surface area contributed by atoms with E-state index in [4.69, 9.17) is 20.4 Å². The molecular formula is C12H15N5O3. The molecule has 2 rings (SSSR count). The maximum atomic E-state index is 8.97. The van der Waals surface area contributed by atoms with Gasteiger partial charge in [0.25, 0.3) is 0 Å². The van der Waals surface area contributed by atoms with Gasteiger partial charge in [-0.1, -0.05) is 12.1 Å². The highest BCUT2D eigenvalue weighted by Gasteiger charge is 2.08. The lowest BCUT2D eigenvalue weighted by molar-refractivity contribution is 0.281. The number of nitrogen functional groups attached to an aromatic ring is 1. The normalized spacial score (nSPS) is 10.2. The molecule has 0 aliphatic rings. The Kier molecular flexibility index (Phi) is 4.64. The second kappa shape index (κ2) is 6.64. The monoisotopic (exact) mass is 277 g/mol. The molecular weight excluding hydrogens is 262 g/mol. The molecule has 0 aliphatic heterocycles. The van der Waals surface area contributed by atoms with Gasteiger partial charge in [-0.25, -0.2) is 5.84 Å². The number of hydrogen-bond donors (Lipinski definition) is 3. The van der Waals surface area contributed by atoms with E-state index >= 15 is 0 Å². The molecule has 1 aromatic heterocycles. The Morgan fingerprint density at radius 1 is 1.15 bits per heavy atom. The van der Waals surface area contributed by atoms with E-state index in [0.717, 1.165) is 5.56 Å². The average Bonchev–Trinajstić information content (AvgIpc) is 2.48. The summed E-state index contributed by atoms with van der Waals surface area (Å²) >= 11 is 0. The number of benzene rings is 1. The first-order chi connectivity index (χ1) is 9.75. The molecule has 0 unspecified atom stereocenters. The van der Waals surface area contributed by atoms with Crippen molar-refractivity contribution in [2.45, 2.75) is 13.5 Å². The predicted molar refractivity (Wildman–Crippen MR) is 71.2 cm³/mol. The number of aliphatic hydroxyl groups excluding tert-OH is 1. The van der Waals surface area contributed by atoms with E-state index in [1.165, 1.54) is 0 Å². The molecule has 0 atom stereocenters. The largest absolute Gasteiger partial charge is 0.464 e. The molecule has 1 aromatic carbocycles. The van der Waals surface area contributed by atoms with Crippen LogP contribution in [-0.4, -0.2) is 26.7 Å². The van der Waals surface area contributed by atoms with Crippen LogP contribution < -0.4 is 20.7 Å². The Morgan fingerprint density at radius 3 is 2.45 bits per heavy atom. The van der Waals surface area contributed by atoms with Crippen molar-refractivity contribution in [1.29, 1.82) is 0 Å². The summed E-state index contributed by atoms with van der Waals surface area (Å²) in [6.07, 6.45) is 0. The van der Waals surface area contributed by atoms with Crippen molar-refractivity contribution in [2.75, 3.05) is 12.0 Å². The third-order valence-electron chi connectivity index (χ3n) is 2.31. The molecule has 0 radical (unpaired) electrons. The van der Waals surface area contributed by atoms with Crippen molar-refractivity contribution < 1.29 is 14.6 Å². The lowest BCUT2D eigenvalue weighted by Gasteiger charge is -2.07. The Labute approximate surface area is 115 Å². The number of aromatic nitrogens is 3. The average molecular weight is 277 g/mol. The SMILES string of the molecule is CCOc1nc(NN)nc(Oc2ccc(CO)cc2)n1. The molecule has 0 spiro atoms. The first-order valence-electron chi connectivity index (χ1n) is 5.98. The van der Waals surface area contributed by atoms with Gasteiger partial charge in [-0.15, -0.1) is 4.98 Å². The van der Waals surface area contributed by atoms with Gasteiger partial charge in [0, 0.05) is 0 Å². The summed E-state index contributed by atoms with van der Waals surface area (Å²) < 4.78 is 10.7. The van der Waals surface area contributed by atoms with Gasteiger partial charge in [0.15, 0.2) is 0 Å². The van der Waals surface area contributed by atoms with Gasteiger partial charge >= 0.3 is 12.0 Å². The topological polar surface area (TPSA) is 115 Å². The van der Waals surface area contributed by atoms with Crippen LogP contribution in [0.1, 0.15) is 12.5 Å². The van der Waals surface area contributed by atoms with E-state index in [0.29, 0.717) is 12.4 Å². The van der Waals surface area contributed by atoms with Crippen LogP contribution in [0.2, 0.25) is 0 Å². The van der Waals surface area contributed by atoms with Gasteiger partial charge in [-0.3, -0.25) is 5.43 Å². The molecule has 0 saturated heterocycles. The number of hydrazine groups is 1. The van der Waals surface area contributed by atoms with E-state index < -0.39 is 0 Å². The number of nitrogens with two attached hydrogens (primary N) is 1. The van der Waals surface area contributed by atoms with Gasteiger partial charge in [-0.05, 0) is 24.6 Å². The number of rotatable bonds is 6. The van der Waals surface area contributed by atoms with Crippen molar-refractivity contribution in [3.8, 4) is 17.8 Å². The summed E-state index contributed by atoms with van der Waals surface area (Å²) in [5.41, 5.74) is 3.10. The molecule has 106 valence electrons. The van der Waals surface area contributed by atoms with E-state index in [9.17, 15) is 0 Å². The van der Waals surface area contributed by atoms with Gasteiger partial charge in [0.2, 0.25) is 5.95 Å². The third-order valence-corrected chi connectivity index (χ3v) is 2.31. The van der Waals surface area contributed by atoms with Gasteiger partial charge in [0.05, 0.1) is 13.2 Å². The lowest BCUT2D eigenvalue weighted by Crippen LogP contribution is -2.12. The number of nitrogens with one attached hydrogen (secondary N) is 1. The molecule has 0 saturated carbocycles. The van der Waals surface area contributed by atoms with Crippen molar-refractivity contribution in [1.82, 2.24) is 15.0 Å². The summed E-state index contributed by atoms with van der Waals surface area (Å²) in [7, 11) is 0. The van der Waals surface area contributed by atoms with Crippen LogP contribution in [0.4, 0.5) is 5.95 Å². The minimum absolute atomic E-state index is 0.0260. The van der Waals surface area contributed by atoms with Crippen LogP contribution in [0.15, 0.2) is 24.3 Å². The Hall–Kier alpha value is -2.45. The molecule has 0 aliphatic carbocycles. The van der Waals surface area contributed by atoms with Crippen LogP contribution >= 0.6 is 0 Å². The van der Waals surface area contributed by atoms with Gasteiger partial charge in [-0.2, -0.15) is 9.97 Å². The molecule has 8 heteroatoms. The molecule has 20 heavy (non-hydrogen) atoms. The van der Waals surface area contributed by atoms with Crippen molar-refractivity contribution in [3.63, 3.8) is 0 Å². The highest BCUT2D eigenvalue weighted by molar-refractivity contribution is 5.31. The lowest BCUT2D eigenvalue weighted by atomic mass is 10.2. The fourth-order valence-electron chi connectivity index (χ4n) is 1.41. The molecule has 8 nitrogen and oxygen atoms in total. The quantitative estimate of drug-likeness (QED) is 0.525. The van der Waals surface area contributed by atoms with Crippen LogP contribution in [0.25, 0.3) is 0 Å². The smallest absolute Gasteiger partial charge is 0.330 e. The van der Waals surface area contributed by atoms with Gasteiger partial charge < -0.3 is 14.6 Å². The first kappa shape index (κ1) is 14.0. The summed E-state index contributed by atoms with van der Waals surface area (Å²) in [6.45, 7) is 2.20. The standard InChI is InChI=1S/C12H15N5O3/c1-2-19-11-14-10(17-13)15-12(16-11)20-9-5-3-8(7-18)4-6-9/h3-6,18H,2,7,13H2,1H3,(H,14,15,16,17). The first-order valence-corrected chi connectivity index (χ1v) is 5.98. The molecule has 4 N–H and O–H groups in total. The van der Waals surface area contributed by atoms with Crippen LogP contribution in [0.3, 0.4) is 0 Å². The second-order valence-electron chi connectivity index (χ2n) is 3.71. The fraction of sp³-hybridized carbons (Fsp3) is 0.250. The van der Waals surface area contributed by atoms with Crippen molar-refractivity contribution in [2.24, 2.45) is 5.84 Å². The number of anilines is 1. The van der Waals surface area contributed by atoms with E-state index in [1.807, 2.05) is 6.92 Å². The van der Waals surface area contributed by atoms with E-state index in [1.54, 1.807) is 24.3 Å². The number of aliphatic hydroxyl groups is 1. The molecule has 0 bridgehead atoms. The van der Waals surface area contributed by atoms with Crippen LogP contribution in [0, 0.1) is 0 Å². The number of ether oxygens (including phenoxy) is 2. The maximum absolute atomic E-state index is 8.97. The van der Waals surface area contributed by atoms with Gasteiger partial charge in [0.1, 0.15) is 5.75 Å². The zero-order valence-electron chi connectivity index (χ0n) is 10.9. The summed E-state index contributed by atoms with van der Waals surface area (Å²) in [5, 5.41) is 8.97. The number of nitrogens with zero attached hydrogens (tertiary/aromatic N) is 3. The highest BCUT2D eigenvalue weighted by atomic mass is 16.5. The summed E-state index contributed by atoms with van der Waals surface area (Å²) in [4.78, 5) is 11.9. The van der Waals surface area contributed by atoms with Crippen molar-refractivity contribution >= 4 is 5.95 Å². The van der Waals surface area contributed by atoms with Crippen LogP contribution in [0.5, 0.6) is 17.8 Å². The third kappa shape index (κ3) is 3.53. The van der Waals surface area contributed by atoms with E-state index in [2.05, 4.69) is 20.4 Å². The Balaban J connectivity index is 2.20. The Bertz CT molecular complexity index is 562. The summed E-state index contributed by atoms with van der Waals surface area (Å²) in [5.74, 6) is 5.94. The fourth-order valence-corrected chi connectivity index (χ4v) is 1.41. The maximum Gasteiger partial charge on any atom is 0.330 e. The summed E-state index contributed by atoms with van der Waals surface area (Å²) in [6, 6.07) is 7.06. The predicted octanol–water partition coefficient (Wildman–Crippen LogP) is 0.840. The highest BCUT2D eigenvalue weighted by Crippen LogP contribution is 2.20. The molecule has 0 fully saturated rings. The second-order valence-corrected chi connectivity index (χ2v) is 3.71. The molecule has 0 amide bonds. The van der Waals surface area contributed by atoms with Crippen LogP contribution in [-0.2, 0) is 6.61 Å². The minimum Gasteiger partial charge on any atom is -0.464 e. The van der Waals surface area contributed by atoms with Crippen molar-refractivity contribution in [3.05, 3.63) is 29.8 Å².